The molecule has 0 spiro atoms. The fourth-order valence-electron chi connectivity index (χ4n) is 1.63. The zero-order valence-corrected chi connectivity index (χ0v) is 9.45. The zero-order valence-electron chi connectivity index (χ0n) is 9.45. The van der Waals surface area contributed by atoms with Crippen molar-refractivity contribution in [3.63, 3.8) is 0 Å². The molecule has 3 aromatic rings. The first-order valence-electron chi connectivity index (χ1n) is 5.22. The fraction of sp³-hybridized carbons (Fsp3) is 0.100. The van der Waals surface area contributed by atoms with Crippen molar-refractivity contribution in [3.05, 3.63) is 36.0 Å². The van der Waals surface area contributed by atoms with Crippen LogP contribution < -0.4 is 5.32 Å². The predicted octanol–water partition coefficient (Wildman–Crippen LogP) is 0.408. The molecule has 0 bridgehead atoms. The van der Waals surface area contributed by atoms with Crippen LogP contribution in [0.25, 0.3) is 5.78 Å². The second-order valence-electron chi connectivity index (χ2n) is 3.65. The number of H-pyrrole nitrogens is 1. The smallest absolute Gasteiger partial charge is 0.260 e. The van der Waals surface area contributed by atoms with Crippen molar-refractivity contribution in [3.8, 4) is 0 Å². The van der Waals surface area contributed by atoms with E-state index >= 15 is 0 Å². The monoisotopic (exact) mass is 243 g/mol. The molecule has 3 heterocycles. The summed E-state index contributed by atoms with van der Waals surface area (Å²) in [5, 5.41) is 13.1. The number of nitrogens with zero attached hydrogens (tertiary/aromatic N) is 5. The summed E-state index contributed by atoms with van der Waals surface area (Å²) < 4.78 is 1.52. The Morgan fingerprint density at radius 2 is 2.33 bits per heavy atom. The molecule has 18 heavy (non-hydrogen) atoms. The van der Waals surface area contributed by atoms with Crippen LogP contribution in [0.1, 0.15) is 16.1 Å². The number of hydrogen-bond donors (Lipinski definition) is 2. The van der Waals surface area contributed by atoms with E-state index in [4.69, 9.17) is 0 Å². The van der Waals surface area contributed by atoms with Gasteiger partial charge < -0.3 is 5.32 Å². The van der Waals surface area contributed by atoms with Gasteiger partial charge in [0.1, 0.15) is 12.1 Å². The van der Waals surface area contributed by atoms with E-state index in [1.807, 2.05) is 0 Å². The van der Waals surface area contributed by atoms with Crippen molar-refractivity contribution in [1.29, 1.82) is 0 Å². The number of carbonyl (C=O) groups is 1. The number of aryl methyl sites for hydroxylation is 1. The first-order valence-corrected chi connectivity index (χ1v) is 5.22. The van der Waals surface area contributed by atoms with Gasteiger partial charge in [0.15, 0.2) is 0 Å². The zero-order chi connectivity index (χ0) is 12.5. The molecule has 0 saturated carbocycles. The van der Waals surface area contributed by atoms with E-state index in [9.17, 15) is 4.79 Å². The molecule has 0 fully saturated rings. The molecule has 0 saturated heterocycles. The quantitative estimate of drug-likeness (QED) is 0.678. The number of hydrogen-bond acceptors (Lipinski definition) is 5. The summed E-state index contributed by atoms with van der Waals surface area (Å²) in [7, 11) is 0. The lowest BCUT2D eigenvalue weighted by Crippen LogP contribution is -2.16. The minimum atomic E-state index is -0.276. The molecule has 1 amide bonds. The van der Waals surface area contributed by atoms with E-state index in [1.165, 1.54) is 17.0 Å². The van der Waals surface area contributed by atoms with Gasteiger partial charge in [-0.15, -0.1) is 0 Å². The molecular formula is C10H9N7O. The molecule has 0 aliphatic carbocycles. The van der Waals surface area contributed by atoms with Crippen LogP contribution in [0, 0.1) is 6.92 Å². The average Bonchev–Trinajstić information content (AvgIpc) is 2.99. The normalized spacial score (nSPS) is 10.7. The molecule has 3 aromatic heterocycles. The minimum absolute atomic E-state index is 0.276. The number of nitrogens with one attached hydrogen (secondary N) is 2. The third-order valence-electron chi connectivity index (χ3n) is 2.54. The highest BCUT2D eigenvalue weighted by Gasteiger charge is 2.14. The van der Waals surface area contributed by atoms with Crippen molar-refractivity contribution >= 4 is 17.5 Å². The number of carbonyl (C=O) groups excluding carboxylic acids is 1. The maximum Gasteiger partial charge on any atom is 0.260 e. The van der Waals surface area contributed by atoms with Crippen molar-refractivity contribution in [2.45, 2.75) is 6.92 Å². The van der Waals surface area contributed by atoms with Crippen LogP contribution in [0.3, 0.4) is 0 Å². The van der Waals surface area contributed by atoms with Gasteiger partial charge in [0.25, 0.3) is 11.7 Å². The van der Waals surface area contributed by atoms with Gasteiger partial charge in [0.05, 0.1) is 17.5 Å². The molecule has 3 rings (SSSR count). The third-order valence-corrected chi connectivity index (χ3v) is 2.54. The number of rotatable bonds is 2. The highest BCUT2D eigenvalue weighted by molar-refractivity contribution is 6.04. The van der Waals surface area contributed by atoms with Crippen molar-refractivity contribution in [1.82, 2.24) is 29.8 Å². The number of amides is 1. The van der Waals surface area contributed by atoms with Gasteiger partial charge in [-0.05, 0) is 6.92 Å². The molecular weight excluding hydrogens is 234 g/mol. The molecule has 8 heteroatoms. The van der Waals surface area contributed by atoms with Crippen LogP contribution in [-0.2, 0) is 0 Å². The van der Waals surface area contributed by atoms with Crippen molar-refractivity contribution < 1.29 is 4.79 Å². The molecule has 0 aliphatic heterocycles. The Hall–Kier alpha value is -2.77. The highest BCUT2D eigenvalue weighted by Crippen LogP contribution is 2.10. The molecule has 0 aromatic carbocycles. The van der Waals surface area contributed by atoms with Gasteiger partial charge in [-0.1, -0.05) is 0 Å². The summed E-state index contributed by atoms with van der Waals surface area (Å²) >= 11 is 0. The van der Waals surface area contributed by atoms with Crippen LogP contribution in [0.4, 0.5) is 5.82 Å². The SMILES string of the molecule is Cc1c(C(=O)Nc2ccn[nH]2)cnc2ncnn12. The van der Waals surface area contributed by atoms with Gasteiger partial charge in [0, 0.05) is 12.3 Å². The Bertz CT molecular complexity index is 700. The van der Waals surface area contributed by atoms with Gasteiger partial charge in [0.2, 0.25) is 0 Å². The van der Waals surface area contributed by atoms with E-state index in [0.717, 1.165) is 0 Å². The molecule has 0 aliphatic rings. The lowest BCUT2D eigenvalue weighted by Gasteiger charge is -2.06. The summed E-state index contributed by atoms with van der Waals surface area (Å²) in [4.78, 5) is 20.0. The number of aromatic amines is 1. The fourth-order valence-corrected chi connectivity index (χ4v) is 1.63. The Labute approximate surface area is 101 Å². The van der Waals surface area contributed by atoms with Gasteiger partial charge >= 0.3 is 0 Å². The first kappa shape index (κ1) is 10.4. The topological polar surface area (TPSA) is 101 Å². The van der Waals surface area contributed by atoms with Crippen LogP contribution in [-0.4, -0.2) is 35.7 Å². The molecule has 0 radical (unpaired) electrons. The maximum atomic E-state index is 12.0. The maximum absolute atomic E-state index is 12.0. The standard InChI is InChI=1S/C10H9N7O/c1-6-7(4-11-10-12-5-14-17(6)10)9(18)15-8-2-3-13-16-8/h2-5H,1H3,(H2,13,15,16,18). The van der Waals surface area contributed by atoms with E-state index in [-0.39, 0.29) is 5.91 Å². The molecule has 2 N–H and O–H groups in total. The second-order valence-corrected chi connectivity index (χ2v) is 3.65. The largest absolute Gasteiger partial charge is 0.307 e. The van der Waals surface area contributed by atoms with Gasteiger partial charge in [-0.2, -0.15) is 15.2 Å². The van der Waals surface area contributed by atoms with E-state index in [2.05, 4.69) is 30.6 Å². The third kappa shape index (κ3) is 1.59. The molecule has 0 atom stereocenters. The van der Waals surface area contributed by atoms with E-state index in [1.54, 1.807) is 19.2 Å². The Balaban J connectivity index is 1.98. The minimum Gasteiger partial charge on any atom is -0.307 e. The number of aromatic nitrogens is 6. The summed E-state index contributed by atoms with van der Waals surface area (Å²) in [6.45, 7) is 1.78. The van der Waals surface area contributed by atoms with Crippen molar-refractivity contribution in [2.24, 2.45) is 0 Å². The van der Waals surface area contributed by atoms with Gasteiger partial charge in [-0.25, -0.2) is 9.50 Å². The Morgan fingerprint density at radius 1 is 1.44 bits per heavy atom. The summed E-state index contributed by atoms with van der Waals surface area (Å²) in [6, 6.07) is 1.66. The Morgan fingerprint density at radius 3 is 3.11 bits per heavy atom. The molecule has 0 unspecified atom stereocenters. The van der Waals surface area contributed by atoms with Crippen LogP contribution in [0.15, 0.2) is 24.8 Å². The summed E-state index contributed by atoms with van der Waals surface area (Å²) in [5.41, 5.74) is 1.11. The van der Waals surface area contributed by atoms with Crippen LogP contribution >= 0.6 is 0 Å². The lowest BCUT2D eigenvalue weighted by molar-refractivity contribution is 0.102. The van der Waals surface area contributed by atoms with Crippen LogP contribution in [0.2, 0.25) is 0 Å². The van der Waals surface area contributed by atoms with Crippen molar-refractivity contribution in [2.75, 3.05) is 5.32 Å². The molecule has 8 nitrogen and oxygen atoms in total. The Kier molecular flexibility index (Phi) is 2.26. The average molecular weight is 243 g/mol. The van der Waals surface area contributed by atoms with Crippen LogP contribution in [0.5, 0.6) is 0 Å². The van der Waals surface area contributed by atoms with Gasteiger partial charge in [-0.3, -0.25) is 9.89 Å². The first-order chi connectivity index (χ1) is 8.75. The summed E-state index contributed by atoms with van der Waals surface area (Å²) in [6.07, 6.45) is 4.43. The highest BCUT2D eigenvalue weighted by atomic mass is 16.1. The lowest BCUT2D eigenvalue weighted by atomic mass is 10.2. The number of fused-ring (bicyclic) bond motifs is 1. The summed E-state index contributed by atoms with van der Waals surface area (Å²) in [5.74, 6) is 0.713. The number of anilines is 1. The molecule has 90 valence electrons. The second kappa shape index (κ2) is 3.91. The van der Waals surface area contributed by atoms with E-state index in [0.29, 0.717) is 22.9 Å². The van der Waals surface area contributed by atoms with E-state index < -0.39 is 0 Å². The predicted molar refractivity (Wildman–Crippen MR) is 62.1 cm³/mol.